The quantitative estimate of drug-likeness (QED) is 0.776. The topological polar surface area (TPSA) is 49.9 Å². The van der Waals surface area contributed by atoms with Gasteiger partial charge in [0, 0.05) is 52.2 Å². The van der Waals surface area contributed by atoms with E-state index in [0.29, 0.717) is 50.9 Å². The fraction of sp³-hybridized carbons (Fsp3) is 0.867. The van der Waals surface area contributed by atoms with Gasteiger partial charge in [0.15, 0.2) is 0 Å². The smallest absolute Gasteiger partial charge is 0.223 e. The summed E-state index contributed by atoms with van der Waals surface area (Å²) < 4.78 is 5.31. The van der Waals surface area contributed by atoms with Crippen molar-refractivity contribution in [1.29, 1.82) is 0 Å². The summed E-state index contributed by atoms with van der Waals surface area (Å²) in [7, 11) is 0. The molecule has 114 valence electrons. The molecule has 0 saturated carbocycles. The maximum absolute atomic E-state index is 12.2. The van der Waals surface area contributed by atoms with Crippen molar-refractivity contribution < 1.29 is 14.3 Å². The van der Waals surface area contributed by atoms with Crippen LogP contribution in [0.15, 0.2) is 0 Å². The van der Waals surface area contributed by atoms with Gasteiger partial charge in [0.05, 0.1) is 0 Å². The molecule has 5 heteroatoms. The molecule has 0 unspecified atom stereocenters. The summed E-state index contributed by atoms with van der Waals surface area (Å²) in [6.07, 6.45) is 2.20. The average Bonchev–Trinajstić information content (AvgIpc) is 2.91. The minimum atomic E-state index is 0.219. The first-order chi connectivity index (χ1) is 9.56. The Balaban J connectivity index is 1.73. The zero-order chi connectivity index (χ0) is 14.5. The first-order valence-corrected chi connectivity index (χ1v) is 7.69. The summed E-state index contributed by atoms with van der Waals surface area (Å²) >= 11 is 0. The molecule has 2 fully saturated rings. The third-order valence-electron chi connectivity index (χ3n) is 4.06. The molecule has 0 N–H and O–H groups in total. The molecule has 0 aromatic rings. The van der Waals surface area contributed by atoms with Gasteiger partial charge in [-0.3, -0.25) is 9.59 Å². The van der Waals surface area contributed by atoms with Crippen LogP contribution in [0.3, 0.4) is 0 Å². The van der Waals surface area contributed by atoms with Crippen molar-refractivity contribution in [3.8, 4) is 0 Å². The highest BCUT2D eigenvalue weighted by Gasteiger charge is 2.27. The summed E-state index contributed by atoms with van der Waals surface area (Å²) in [4.78, 5) is 27.9. The Morgan fingerprint density at radius 2 is 1.70 bits per heavy atom. The van der Waals surface area contributed by atoms with Crippen molar-refractivity contribution in [2.75, 3.05) is 39.4 Å². The lowest BCUT2D eigenvalue weighted by Gasteiger charge is -2.35. The van der Waals surface area contributed by atoms with Gasteiger partial charge < -0.3 is 14.5 Å². The van der Waals surface area contributed by atoms with E-state index in [1.54, 1.807) is 0 Å². The number of amides is 2. The maximum Gasteiger partial charge on any atom is 0.223 e. The third kappa shape index (κ3) is 4.20. The Morgan fingerprint density at radius 3 is 2.20 bits per heavy atom. The fourth-order valence-corrected chi connectivity index (χ4v) is 2.80. The number of piperazine rings is 1. The van der Waals surface area contributed by atoms with Crippen molar-refractivity contribution in [1.82, 2.24) is 9.80 Å². The van der Waals surface area contributed by atoms with Crippen LogP contribution in [0.25, 0.3) is 0 Å². The van der Waals surface area contributed by atoms with Crippen LogP contribution < -0.4 is 0 Å². The summed E-state index contributed by atoms with van der Waals surface area (Å²) in [5.74, 6) is 1.22. The zero-order valence-electron chi connectivity index (χ0n) is 12.6. The standard InChI is InChI=1S/C15H26N2O3/c1-12(2)9-14(18)16-4-6-17(7-5-16)15(19)10-13-3-8-20-11-13/h12-13H,3-11H2,1-2H3/t13-/m0/s1. The minimum Gasteiger partial charge on any atom is -0.381 e. The largest absolute Gasteiger partial charge is 0.381 e. The molecule has 0 aromatic heterocycles. The van der Waals surface area contributed by atoms with Gasteiger partial charge in [0.1, 0.15) is 0 Å². The summed E-state index contributed by atoms with van der Waals surface area (Å²) in [5.41, 5.74) is 0. The lowest BCUT2D eigenvalue weighted by molar-refractivity contribution is -0.140. The highest BCUT2D eigenvalue weighted by Crippen LogP contribution is 2.18. The molecule has 2 heterocycles. The Morgan fingerprint density at radius 1 is 1.10 bits per heavy atom. The Kier molecular flexibility index (Phi) is 5.40. The Labute approximate surface area is 121 Å². The average molecular weight is 282 g/mol. The van der Waals surface area contributed by atoms with Crippen LogP contribution in [0.1, 0.15) is 33.1 Å². The van der Waals surface area contributed by atoms with E-state index < -0.39 is 0 Å². The van der Waals surface area contributed by atoms with Crippen LogP contribution in [-0.2, 0) is 14.3 Å². The lowest BCUT2D eigenvalue weighted by atomic mass is 10.0. The number of nitrogens with zero attached hydrogens (tertiary/aromatic N) is 2. The van der Waals surface area contributed by atoms with Crippen LogP contribution >= 0.6 is 0 Å². The van der Waals surface area contributed by atoms with E-state index in [4.69, 9.17) is 4.74 Å². The normalized spacial score (nSPS) is 23.4. The number of rotatable bonds is 4. The predicted octanol–water partition coefficient (Wildman–Crippen LogP) is 1.13. The number of ether oxygens (including phenoxy) is 1. The molecule has 2 amide bonds. The fourth-order valence-electron chi connectivity index (χ4n) is 2.80. The molecule has 2 aliphatic heterocycles. The van der Waals surface area contributed by atoms with Gasteiger partial charge in [-0.2, -0.15) is 0 Å². The molecule has 0 aromatic carbocycles. The molecule has 0 aliphatic carbocycles. The Bertz CT molecular complexity index is 343. The highest BCUT2D eigenvalue weighted by molar-refractivity contribution is 5.78. The van der Waals surface area contributed by atoms with Crippen molar-refractivity contribution in [3.05, 3.63) is 0 Å². The number of carbonyl (C=O) groups is 2. The maximum atomic E-state index is 12.2. The molecule has 2 saturated heterocycles. The number of hydrogen-bond donors (Lipinski definition) is 0. The summed E-state index contributed by atoms with van der Waals surface area (Å²) in [6.45, 7) is 8.33. The van der Waals surface area contributed by atoms with Gasteiger partial charge in [0.2, 0.25) is 11.8 Å². The van der Waals surface area contributed by atoms with Gasteiger partial charge in [-0.25, -0.2) is 0 Å². The van der Waals surface area contributed by atoms with Gasteiger partial charge in [-0.1, -0.05) is 13.8 Å². The number of hydrogen-bond acceptors (Lipinski definition) is 3. The van der Waals surface area contributed by atoms with Crippen LogP contribution in [-0.4, -0.2) is 61.0 Å². The molecule has 20 heavy (non-hydrogen) atoms. The van der Waals surface area contributed by atoms with E-state index in [1.165, 1.54) is 0 Å². The summed E-state index contributed by atoms with van der Waals surface area (Å²) in [6, 6.07) is 0. The highest BCUT2D eigenvalue weighted by atomic mass is 16.5. The monoisotopic (exact) mass is 282 g/mol. The van der Waals surface area contributed by atoms with Crippen LogP contribution in [0.2, 0.25) is 0 Å². The molecule has 1 atom stereocenters. The van der Waals surface area contributed by atoms with E-state index in [0.717, 1.165) is 19.6 Å². The predicted molar refractivity (Wildman–Crippen MR) is 76.2 cm³/mol. The SMILES string of the molecule is CC(C)CC(=O)N1CCN(C(=O)C[C@@H]2CCOC2)CC1. The van der Waals surface area contributed by atoms with Gasteiger partial charge in [0.25, 0.3) is 0 Å². The van der Waals surface area contributed by atoms with Crippen molar-refractivity contribution in [2.24, 2.45) is 11.8 Å². The Hall–Kier alpha value is -1.10. The zero-order valence-corrected chi connectivity index (χ0v) is 12.6. The van der Waals surface area contributed by atoms with Crippen molar-refractivity contribution >= 4 is 11.8 Å². The van der Waals surface area contributed by atoms with Gasteiger partial charge >= 0.3 is 0 Å². The molecular weight excluding hydrogens is 256 g/mol. The molecule has 0 bridgehead atoms. The molecule has 2 rings (SSSR count). The molecule has 2 aliphatic rings. The molecule has 0 radical (unpaired) electrons. The molecular formula is C15H26N2O3. The number of carbonyl (C=O) groups excluding carboxylic acids is 2. The van der Waals surface area contributed by atoms with E-state index in [2.05, 4.69) is 13.8 Å². The molecule has 0 spiro atoms. The molecule has 5 nitrogen and oxygen atoms in total. The first kappa shape index (κ1) is 15.3. The van der Waals surface area contributed by atoms with Crippen LogP contribution in [0.4, 0.5) is 0 Å². The second kappa shape index (κ2) is 7.07. The van der Waals surface area contributed by atoms with E-state index in [-0.39, 0.29) is 11.8 Å². The minimum absolute atomic E-state index is 0.219. The van der Waals surface area contributed by atoms with Crippen LogP contribution in [0.5, 0.6) is 0 Å². The third-order valence-corrected chi connectivity index (χ3v) is 4.06. The van der Waals surface area contributed by atoms with Crippen LogP contribution in [0, 0.1) is 11.8 Å². The van der Waals surface area contributed by atoms with E-state index in [9.17, 15) is 9.59 Å². The van der Waals surface area contributed by atoms with E-state index >= 15 is 0 Å². The van der Waals surface area contributed by atoms with Crippen molar-refractivity contribution in [2.45, 2.75) is 33.1 Å². The second-order valence-corrected chi connectivity index (χ2v) is 6.29. The van der Waals surface area contributed by atoms with Gasteiger partial charge in [-0.05, 0) is 18.3 Å². The van der Waals surface area contributed by atoms with Crippen molar-refractivity contribution in [3.63, 3.8) is 0 Å². The lowest BCUT2D eigenvalue weighted by Crippen LogP contribution is -2.51. The first-order valence-electron chi connectivity index (χ1n) is 7.69. The summed E-state index contributed by atoms with van der Waals surface area (Å²) in [5, 5.41) is 0. The second-order valence-electron chi connectivity index (χ2n) is 6.29. The van der Waals surface area contributed by atoms with E-state index in [1.807, 2.05) is 9.80 Å². The van der Waals surface area contributed by atoms with Gasteiger partial charge in [-0.15, -0.1) is 0 Å².